The van der Waals surface area contributed by atoms with E-state index in [0.717, 1.165) is 19.3 Å². The lowest BCUT2D eigenvalue weighted by Crippen LogP contribution is -2.13. The third-order valence-corrected chi connectivity index (χ3v) is 4.14. The van der Waals surface area contributed by atoms with Gasteiger partial charge in [-0.15, -0.1) is 0 Å². The Bertz CT molecular complexity index is 350. The summed E-state index contributed by atoms with van der Waals surface area (Å²) in [6, 6.07) is 6.54. The van der Waals surface area contributed by atoms with Crippen molar-refractivity contribution in [1.82, 2.24) is 0 Å². The van der Waals surface area contributed by atoms with Crippen molar-refractivity contribution < 1.29 is 5.11 Å². The lowest BCUT2D eigenvalue weighted by atomic mass is 9.88. The van der Waals surface area contributed by atoms with Crippen LogP contribution in [0.25, 0.3) is 0 Å². The van der Waals surface area contributed by atoms with E-state index < -0.39 is 0 Å². The van der Waals surface area contributed by atoms with Crippen LogP contribution in [0.1, 0.15) is 48.8 Å². The standard InChI is InChI=1S/C16H24O/c1-12-6-5-7-13(2)16(12)11-14-8-3-4-9-15(17)10-14/h5-7,14-15,17H,3-4,8-11H2,1-2H3. The van der Waals surface area contributed by atoms with E-state index in [1.54, 1.807) is 0 Å². The Balaban J connectivity index is 2.09. The van der Waals surface area contributed by atoms with Gasteiger partial charge in [-0.05, 0) is 55.7 Å². The Morgan fingerprint density at radius 1 is 1.12 bits per heavy atom. The van der Waals surface area contributed by atoms with Crippen molar-refractivity contribution in [1.29, 1.82) is 0 Å². The minimum absolute atomic E-state index is 0.0631. The van der Waals surface area contributed by atoms with Gasteiger partial charge in [0.05, 0.1) is 6.10 Å². The summed E-state index contributed by atoms with van der Waals surface area (Å²) in [6.45, 7) is 4.41. The second kappa shape index (κ2) is 5.68. The molecule has 1 fully saturated rings. The summed E-state index contributed by atoms with van der Waals surface area (Å²) in [4.78, 5) is 0. The first-order valence-electron chi connectivity index (χ1n) is 6.90. The molecule has 0 bridgehead atoms. The van der Waals surface area contributed by atoms with Gasteiger partial charge in [0.2, 0.25) is 0 Å². The molecule has 1 heteroatoms. The summed E-state index contributed by atoms with van der Waals surface area (Å²) >= 11 is 0. The van der Waals surface area contributed by atoms with E-state index in [0.29, 0.717) is 5.92 Å². The van der Waals surface area contributed by atoms with Crippen molar-refractivity contribution in [2.24, 2.45) is 5.92 Å². The molecule has 1 aliphatic rings. The van der Waals surface area contributed by atoms with Crippen LogP contribution in [-0.2, 0) is 6.42 Å². The van der Waals surface area contributed by atoms with Crippen molar-refractivity contribution >= 4 is 0 Å². The summed E-state index contributed by atoms with van der Waals surface area (Å²) in [5.41, 5.74) is 4.32. The summed E-state index contributed by atoms with van der Waals surface area (Å²) in [7, 11) is 0. The molecular weight excluding hydrogens is 208 g/mol. The maximum atomic E-state index is 9.88. The van der Waals surface area contributed by atoms with Crippen molar-refractivity contribution in [3.05, 3.63) is 34.9 Å². The van der Waals surface area contributed by atoms with Gasteiger partial charge in [-0.25, -0.2) is 0 Å². The van der Waals surface area contributed by atoms with Gasteiger partial charge in [0.15, 0.2) is 0 Å². The molecule has 2 rings (SSSR count). The second-order valence-electron chi connectivity index (χ2n) is 5.61. The molecule has 2 unspecified atom stereocenters. The lowest BCUT2D eigenvalue weighted by Gasteiger charge is -2.19. The van der Waals surface area contributed by atoms with E-state index in [1.807, 2.05) is 0 Å². The zero-order chi connectivity index (χ0) is 12.3. The highest BCUT2D eigenvalue weighted by Gasteiger charge is 2.19. The third kappa shape index (κ3) is 3.32. The predicted octanol–water partition coefficient (Wildman–Crippen LogP) is 3.79. The molecule has 94 valence electrons. The minimum Gasteiger partial charge on any atom is -0.393 e. The summed E-state index contributed by atoms with van der Waals surface area (Å²) < 4.78 is 0. The predicted molar refractivity (Wildman–Crippen MR) is 72.2 cm³/mol. The third-order valence-electron chi connectivity index (χ3n) is 4.14. The Labute approximate surface area is 105 Å². The van der Waals surface area contributed by atoms with Gasteiger partial charge < -0.3 is 5.11 Å². The van der Waals surface area contributed by atoms with Gasteiger partial charge in [0.1, 0.15) is 0 Å². The van der Waals surface area contributed by atoms with Gasteiger partial charge in [-0.1, -0.05) is 37.5 Å². The van der Waals surface area contributed by atoms with Crippen LogP contribution in [-0.4, -0.2) is 11.2 Å². The first-order chi connectivity index (χ1) is 8.16. The monoisotopic (exact) mass is 232 g/mol. The van der Waals surface area contributed by atoms with Crippen molar-refractivity contribution in [2.75, 3.05) is 0 Å². The fourth-order valence-electron chi connectivity index (χ4n) is 3.08. The van der Waals surface area contributed by atoms with Crippen LogP contribution in [0.4, 0.5) is 0 Å². The van der Waals surface area contributed by atoms with Crippen LogP contribution < -0.4 is 0 Å². The number of hydrogen-bond donors (Lipinski definition) is 1. The Morgan fingerprint density at radius 2 is 1.76 bits per heavy atom. The molecule has 1 saturated carbocycles. The number of rotatable bonds is 2. The Hall–Kier alpha value is -0.820. The van der Waals surface area contributed by atoms with E-state index in [1.165, 1.54) is 36.0 Å². The van der Waals surface area contributed by atoms with Gasteiger partial charge in [0, 0.05) is 0 Å². The fourth-order valence-corrected chi connectivity index (χ4v) is 3.08. The lowest BCUT2D eigenvalue weighted by molar-refractivity contribution is 0.141. The SMILES string of the molecule is Cc1cccc(C)c1CC1CCCCC(O)C1. The van der Waals surface area contributed by atoms with E-state index in [4.69, 9.17) is 0 Å². The van der Waals surface area contributed by atoms with E-state index >= 15 is 0 Å². The molecule has 2 atom stereocenters. The smallest absolute Gasteiger partial charge is 0.0543 e. The van der Waals surface area contributed by atoms with Crippen LogP contribution in [0, 0.1) is 19.8 Å². The molecule has 0 saturated heterocycles. The van der Waals surface area contributed by atoms with E-state index in [9.17, 15) is 5.11 Å². The average Bonchev–Trinajstić information content (AvgIpc) is 2.48. The first kappa shape index (κ1) is 12.6. The molecule has 0 heterocycles. The Morgan fingerprint density at radius 3 is 2.47 bits per heavy atom. The minimum atomic E-state index is -0.0631. The molecular formula is C16H24O. The van der Waals surface area contributed by atoms with Gasteiger partial charge in [-0.3, -0.25) is 0 Å². The molecule has 0 spiro atoms. The molecule has 1 aliphatic carbocycles. The Kier molecular flexibility index (Phi) is 4.22. The zero-order valence-electron chi connectivity index (χ0n) is 11.1. The molecule has 0 amide bonds. The van der Waals surface area contributed by atoms with Crippen LogP contribution >= 0.6 is 0 Å². The molecule has 1 nitrogen and oxygen atoms in total. The molecule has 1 N–H and O–H groups in total. The number of aryl methyl sites for hydroxylation is 2. The van der Waals surface area contributed by atoms with Gasteiger partial charge in [-0.2, -0.15) is 0 Å². The average molecular weight is 232 g/mol. The zero-order valence-corrected chi connectivity index (χ0v) is 11.1. The summed E-state index contributed by atoms with van der Waals surface area (Å²) in [6.07, 6.45) is 6.85. The molecule has 0 radical (unpaired) electrons. The maximum Gasteiger partial charge on any atom is 0.0543 e. The summed E-state index contributed by atoms with van der Waals surface area (Å²) in [5.74, 6) is 0.673. The molecule has 1 aromatic carbocycles. The number of hydrogen-bond acceptors (Lipinski definition) is 1. The highest BCUT2D eigenvalue weighted by atomic mass is 16.3. The summed E-state index contributed by atoms with van der Waals surface area (Å²) in [5, 5.41) is 9.88. The van der Waals surface area contributed by atoms with Crippen LogP contribution in [0.3, 0.4) is 0 Å². The highest BCUT2D eigenvalue weighted by Crippen LogP contribution is 2.28. The van der Waals surface area contributed by atoms with E-state index in [2.05, 4.69) is 32.0 Å². The first-order valence-corrected chi connectivity index (χ1v) is 6.90. The number of aliphatic hydroxyl groups is 1. The van der Waals surface area contributed by atoms with E-state index in [-0.39, 0.29) is 6.10 Å². The number of aliphatic hydroxyl groups excluding tert-OH is 1. The fraction of sp³-hybridized carbons (Fsp3) is 0.625. The molecule has 17 heavy (non-hydrogen) atoms. The highest BCUT2D eigenvalue weighted by molar-refractivity contribution is 5.33. The van der Waals surface area contributed by atoms with Gasteiger partial charge in [0.25, 0.3) is 0 Å². The molecule has 0 aromatic heterocycles. The van der Waals surface area contributed by atoms with Crippen LogP contribution in [0.15, 0.2) is 18.2 Å². The molecule has 1 aromatic rings. The van der Waals surface area contributed by atoms with Crippen LogP contribution in [0.2, 0.25) is 0 Å². The molecule has 0 aliphatic heterocycles. The second-order valence-corrected chi connectivity index (χ2v) is 5.61. The quantitative estimate of drug-likeness (QED) is 0.769. The van der Waals surface area contributed by atoms with Gasteiger partial charge >= 0.3 is 0 Å². The maximum absolute atomic E-state index is 9.88. The largest absolute Gasteiger partial charge is 0.393 e. The van der Waals surface area contributed by atoms with Crippen molar-refractivity contribution in [2.45, 2.75) is 58.5 Å². The van der Waals surface area contributed by atoms with Crippen LogP contribution in [0.5, 0.6) is 0 Å². The van der Waals surface area contributed by atoms with Crippen molar-refractivity contribution in [3.63, 3.8) is 0 Å². The number of benzene rings is 1. The topological polar surface area (TPSA) is 20.2 Å². The normalized spacial score (nSPS) is 25.6. The van der Waals surface area contributed by atoms with Crippen molar-refractivity contribution in [3.8, 4) is 0 Å².